The van der Waals surface area contributed by atoms with Crippen LogP contribution in [-0.2, 0) is 27.5 Å². The molecule has 0 aliphatic carbocycles. The molecule has 0 spiro atoms. The van der Waals surface area contributed by atoms with Crippen molar-refractivity contribution in [3.05, 3.63) is 0 Å². The first kappa shape index (κ1) is 26.2. The fraction of sp³-hybridized carbons (Fsp3) is 0.941. The van der Waals surface area contributed by atoms with Gasteiger partial charge in [0.15, 0.2) is 5.79 Å². The summed E-state index contributed by atoms with van der Waals surface area (Å²) in [7, 11) is -1.14. The molecule has 0 fully saturated rings. The van der Waals surface area contributed by atoms with Crippen LogP contribution in [-0.4, -0.2) is 79.1 Å². The van der Waals surface area contributed by atoms with Crippen molar-refractivity contribution in [1.82, 2.24) is 5.32 Å². The van der Waals surface area contributed by atoms with E-state index < -0.39 is 20.7 Å². The first-order chi connectivity index (χ1) is 12.9. The lowest BCUT2D eigenvalue weighted by atomic mass is 10.1. The summed E-state index contributed by atoms with van der Waals surface area (Å²) in [6, 6.07) is 0.654. The summed E-state index contributed by atoms with van der Waals surface area (Å²) >= 11 is 0. The third-order valence-corrected chi connectivity index (χ3v) is 6.91. The zero-order chi connectivity index (χ0) is 20.6. The number of amides is 1. The fourth-order valence-electron chi connectivity index (χ4n) is 2.70. The number of hydrogen-bond donors (Lipinski definition) is 2. The molecule has 0 aromatic rings. The molecule has 0 saturated carbocycles. The summed E-state index contributed by atoms with van der Waals surface area (Å²) in [5.74, 6) is -0.900. The maximum absolute atomic E-state index is 10.5. The molecule has 0 rings (SSSR count). The minimum atomic E-state index is -2.71. The van der Waals surface area contributed by atoms with Crippen molar-refractivity contribution in [2.45, 2.75) is 52.4 Å². The number of carboxylic acid groups (broad SMARTS) is 1. The minimum Gasteiger partial charge on any atom is -0.465 e. The van der Waals surface area contributed by atoms with Crippen LogP contribution in [0.15, 0.2) is 0 Å². The Bertz CT molecular complexity index is 371. The summed E-state index contributed by atoms with van der Waals surface area (Å²) in [5, 5.41) is 10.8. The molecular formula is C17H37NO8Si. The van der Waals surface area contributed by atoms with Crippen LogP contribution in [0.2, 0.25) is 6.04 Å². The van der Waals surface area contributed by atoms with Gasteiger partial charge in [-0.05, 0) is 34.1 Å². The van der Waals surface area contributed by atoms with Crippen molar-refractivity contribution >= 4 is 14.9 Å². The molecule has 0 aromatic heterocycles. The summed E-state index contributed by atoms with van der Waals surface area (Å²) in [5.41, 5.74) is 0. The van der Waals surface area contributed by atoms with Crippen LogP contribution < -0.4 is 5.32 Å². The fourth-order valence-corrected chi connectivity index (χ4v) is 5.31. The number of rotatable bonds is 18. The van der Waals surface area contributed by atoms with E-state index in [2.05, 4.69) is 5.32 Å². The second kappa shape index (κ2) is 15.2. The number of nitrogens with one attached hydrogen (secondary N) is 1. The van der Waals surface area contributed by atoms with E-state index in [-0.39, 0.29) is 19.8 Å². The molecule has 10 heteroatoms. The average Bonchev–Trinajstić information content (AvgIpc) is 2.61. The van der Waals surface area contributed by atoms with Gasteiger partial charge >= 0.3 is 14.9 Å². The number of hydrogen-bond acceptors (Lipinski definition) is 7. The lowest BCUT2D eigenvalue weighted by Gasteiger charge is -2.33. The average molecular weight is 412 g/mol. The third-order valence-electron chi connectivity index (χ3n) is 3.76. The van der Waals surface area contributed by atoms with Crippen LogP contribution in [0.1, 0.15) is 40.5 Å². The van der Waals surface area contributed by atoms with Crippen molar-refractivity contribution < 1.29 is 37.4 Å². The molecule has 0 aliphatic rings. The zero-order valence-corrected chi connectivity index (χ0v) is 18.4. The smallest absolute Gasteiger partial charge is 0.465 e. The highest BCUT2D eigenvalue weighted by Gasteiger charge is 2.41. The molecule has 0 bridgehead atoms. The second-order valence-electron chi connectivity index (χ2n) is 5.67. The Balaban J connectivity index is 4.73. The van der Waals surface area contributed by atoms with Crippen LogP contribution in [0.25, 0.3) is 0 Å². The van der Waals surface area contributed by atoms with E-state index in [0.29, 0.717) is 38.9 Å². The summed E-state index contributed by atoms with van der Waals surface area (Å²) in [6.45, 7) is 10.4. The van der Waals surface area contributed by atoms with Crippen molar-refractivity contribution in [3.63, 3.8) is 0 Å². The van der Waals surface area contributed by atoms with Gasteiger partial charge in [-0.15, -0.1) is 0 Å². The van der Waals surface area contributed by atoms with Crippen LogP contribution in [0.5, 0.6) is 0 Å². The first-order valence-electron chi connectivity index (χ1n) is 9.58. The monoisotopic (exact) mass is 411 g/mol. The molecule has 0 aliphatic heterocycles. The predicted octanol–water partition coefficient (Wildman–Crippen LogP) is 2.48. The maximum atomic E-state index is 10.5. The summed E-state index contributed by atoms with van der Waals surface area (Å²) < 4.78 is 34.6. The standard InChI is InChI=1S/C17H37NO8Si/c1-6-23-17(21-5,15-22-13-12-18-16(19)20)11-10-14-27(24-7-2,25-8-3)26-9-4/h18H,6-15H2,1-5H3,(H,19,20). The van der Waals surface area contributed by atoms with Gasteiger partial charge < -0.3 is 37.9 Å². The van der Waals surface area contributed by atoms with Gasteiger partial charge in [-0.3, -0.25) is 0 Å². The van der Waals surface area contributed by atoms with Crippen molar-refractivity contribution in [2.75, 3.05) is 53.3 Å². The van der Waals surface area contributed by atoms with Gasteiger partial charge in [-0.25, -0.2) is 4.79 Å². The molecule has 2 N–H and O–H groups in total. The van der Waals surface area contributed by atoms with Crippen molar-refractivity contribution in [3.8, 4) is 0 Å². The number of carbonyl (C=O) groups is 1. The SMILES string of the molecule is CCOC(CCC[Si](OCC)(OCC)OCC)(COCCNC(=O)O)OC. The molecule has 0 heterocycles. The third kappa shape index (κ3) is 11.0. The molecule has 9 nitrogen and oxygen atoms in total. The van der Waals surface area contributed by atoms with E-state index in [1.807, 2.05) is 27.7 Å². The first-order valence-corrected chi connectivity index (χ1v) is 11.5. The van der Waals surface area contributed by atoms with E-state index in [0.717, 1.165) is 6.42 Å². The van der Waals surface area contributed by atoms with Gasteiger partial charge in [0, 0.05) is 52.5 Å². The Morgan fingerprint density at radius 3 is 2.07 bits per heavy atom. The van der Waals surface area contributed by atoms with E-state index >= 15 is 0 Å². The lowest BCUT2D eigenvalue weighted by Crippen LogP contribution is -2.47. The second-order valence-corrected chi connectivity index (χ2v) is 8.40. The highest BCUT2D eigenvalue weighted by Crippen LogP contribution is 2.26. The Labute approximate surface area is 164 Å². The number of methoxy groups -OCH3 is 1. The van der Waals surface area contributed by atoms with Gasteiger partial charge in [0.1, 0.15) is 6.61 Å². The molecule has 1 amide bonds. The molecule has 0 saturated heterocycles. The van der Waals surface area contributed by atoms with Gasteiger partial charge in [0.2, 0.25) is 0 Å². The summed E-state index contributed by atoms with van der Waals surface area (Å²) in [4.78, 5) is 10.5. The van der Waals surface area contributed by atoms with Crippen molar-refractivity contribution in [1.29, 1.82) is 0 Å². The van der Waals surface area contributed by atoms with Crippen LogP contribution >= 0.6 is 0 Å². The van der Waals surface area contributed by atoms with Crippen LogP contribution in [0, 0.1) is 0 Å². The lowest BCUT2D eigenvalue weighted by molar-refractivity contribution is -0.250. The topological polar surface area (TPSA) is 105 Å². The molecule has 0 radical (unpaired) electrons. The molecule has 1 unspecified atom stereocenters. The molecule has 1 atom stereocenters. The zero-order valence-electron chi connectivity index (χ0n) is 17.4. The number of ether oxygens (including phenoxy) is 3. The van der Waals surface area contributed by atoms with Gasteiger partial charge in [-0.1, -0.05) is 0 Å². The quantitative estimate of drug-likeness (QED) is 0.201. The Kier molecular flexibility index (Phi) is 14.8. The molecule has 27 heavy (non-hydrogen) atoms. The predicted molar refractivity (Wildman–Crippen MR) is 103 cm³/mol. The van der Waals surface area contributed by atoms with E-state index in [4.69, 9.17) is 32.6 Å². The van der Waals surface area contributed by atoms with Gasteiger partial charge in [0.05, 0.1) is 6.61 Å². The largest absolute Gasteiger partial charge is 0.500 e. The van der Waals surface area contributed by atoms with E-state index in [9.17, 15) is 4.79 Å². The van der Waals surface area contributed by atoms with E-state index in [1.165, 1.54) is 0 Å². The molecule has 162 valence electrons. The Hall–Kier alpha value is -0.753. The maximum Gasteiger partial charge on any atom is 0.500 e. The van der Waals surface area contributed by atoms with Crippen LogP contribution in [0.3, 0.4) is 0 Å². The van der Waals surface area contributed by atoms with Crippen LogP contribution in [0.4, 0.5) is 4.79 Å². The van der Waals surface area contributed by atoms with Crippen molar-refractivity contribution in [2.24, 2.45) is 0 Å². The minimum absolute atomic E-state index is 0.200. The highest BCUT2D eigenvalue weighted by atomic mass is 28.4. The summed E-state index contributed by atoms with van der Waals surface area (Å²) in [6.07, 6.45) is 0.216. The Morgan fingerprint density at radius 1 is 1.04 bits per heavy atom. The molecule has 0 aromatic carbocycles. The normalized spacial score (nSPS) is 14.1. The van der Waals surface area contributed by atoms with E-state index in [1.54, 1.807) is 7.11 Å². The van der Waals surface area contributed by atoms with Gasteiger partial charge in [-0.2, -0.15) is 0 Å². The van der Waals surface area contributed by atoms with Gasteiger partial charge in [0.25, 0.3) is 0 Å². The Morgan fingerprint density at radius 2 is 1.63 bits per heavy atom. The molecular weight excluding hydrogens is 374 g/mol. The highest BCUT2D eigenvalue weighted by molar-refractivity contribution is 6.60.